The summed E-state index contributed by atoms with van der Waals surface area (Å²) in [4.78, 5) is 11.3. The molecule has 0 aromatic rings. The van der Waals surface area contributed by atoms with E-state index in [1.54, 1.807) is 18.7 Å². The van der Waals surface area contributed by atoms with Gasteiger partial charge in [-0.25, -0.2) is 4.79 Å². The molecule has 0 aromatic heterocycles. The normalized spacial score (nSPS) is 19.6. The van der Waals surface area contributed by atoms with E-state index in [0.717, 1.165) is 0 Å². The van der Waals surface area contributed by atoms with Crippen LogP contribution in [0.2, 0.25) is 0 Å². The van der Waals surface area contributed by atoms with Gasteiger partial charge in [-0.3, -0.25) is 0 Å². The predicted octanol–water partition coefficient (Wildman–Crippen LogP) is 3.52. The Morgan fingerprint density at radius 3 is 2.53 bits per heavy atom. The van der Waals surface area contributed by atoms with Crippen LogP contribution in [0.3, 0.4) is 0 Å². The maximum atomic E-state index is 11.3. The third kappa shape index (κ3) is 4.74. The molecule has 1 rings (SSSR count). The first-order chi connectivity index (χ1) is 7.09. The van der Waals surface area contributed by atoms with Crippen LogP contribution in [0.1, 0.15) is 46.0 Å². The maximum Gasteiger partial charge on any atom is 0.334 e. The second kappa shape index (κ2) is 6.21. The van der Waals surface area contributed by atoms with Gasteiger partial charge < -0.3 is 4.74 Å². The minimum atomic E-state index is -0.272. The fourth-order valence-corrected chi connectivity index (χ4v) is 3.04. The molecule has 1 atom stereocenters. The van der Waals surface area contributed by atoms with Crippen molar-refractivity contribution in [2.24, 2.45) is 0 Å². The molecule has 0 amide bonds. The summed E-state index contributed by atoms with van der Waals surface area (Å²) < 4.78 is 5.24. The van der Waals surface area contributed by atoms with Crippen molar-refractivity contribution in [3.05, 3.63) is 12.2 Å². The third-order valence-corrected chi connectivity index (χ3v) is 3.89. The molecule has 1 unspecified atom stereocenters. The van der Waals surface area contributed by atoms with Gasteiger partial charge in [0.15, 0.2) is 0 Å². The van der Waals surface area contributed by atoms with E-state index in [2.05, 4.69) is 6.58 Å². The minimum Gasteiger partial charge on any atom is -0.448 e. The number of ether oxygens (including phenoxy) is 1. The molecule has 0 radical (unpaired) electrons. The number of esters is 1. The highest BCUT2D eigenvalue weighted by Gasteiger charge is 2.19. The van der Waals surface area contributed by atoms with Crippen molar-refractivity contribution in [1.82, 2.24) is 0 Å². The van der Waals surface area contributed by atoms with Crippen LogP contribution < -0.4 is 0 Å². The SMILES string of the molecule is C=C(C)C(=O)OC(C)SC1CCCCC1. The standard InChI is InChI=1S/C12H20O2S/c1-9(2)12(13)14-10(3)15-11-7-5-4-6-8-11/h10-11H,1,4-8H2,2-3H3. The average Bonchev–Trinajstić information content (AvgIpc) is 2.18. The van der Waals surface area contributed by atoms with E-state index in [-0.39, 0.29) is 11.4 Å². The Morgan fingerprint density at radius 1 is 1.40 bits per heavy atom. The van der Waals surface area contributed by atoms with Gasteiger partial charge in [0, 0.05) is 10.8 Å². The number of carbonyl (C=O) groups is 1. The summed E-state index contributed by atoms with van der Waals surface area (Å²) in [7, 11) is 0. The lowest BCUT2D eigenvalue weighted by molar-refractivity contribution is -0.139. The molecule has 0 aliphatic heterocycles. The second-order valence-electron chi connectivity index (χ2n) is 4.15. The molecule has 86 valence electrons. The molecule has 1 fully saturated rings. The first kappa shape index (κ1) is 12.6. The van der Waals surface area contributed by atoms with Crippen molar-refractivity contribution in [2.75, 3.05) is 0 Å². The summed E-state index contributed by atoms with van der Waals surface area (Å²) in [6.45, 7) is 7.20. The largest absolute Gasteiger partial charge is 0.448 e. The number of thioether (sulfide) groups is 1. The van der Waals surface area contributed by atoms with E-state index in [1.165, 1.54) is 32.1 Å². The van der Waals surface area contributed by atoms with Crippen molar-refractivity contribution < 1.29 is 9.53 Å². The molecule has 3 heteroatoms. The Hall–Kier alpha value is -0.440. The van der Waals surface area contributed by atoms with Gasteiger partial charge in [-0.05, 0) is 26.7 Å². The Morgan fingerprint density at radius 2 is 2.00 bits per heavy atom. The highest BCUT2D eigenvalue weighted by atomic mass is 32.2. The van der Waals surface area contributed by atoms with Crippen molar-refractivity contribution in [3.8, 4) is 0 Å². The molecule has 1 aliphatic carbocycles. The Balaban J connectivity index is 2.25. The highest BCUT2D eigenvalue weighted by molar-refractivity contribution is 8.00. The third-order valence-electron chi connectivity index (χ3n) is 2.56. The molecule has 0 saturated heterocycles. The monoisotopic (exact) mass is 228 g/mol. The van der Waals surface area contributed by atoms with Gasteiger partial charge in [-0.1, -0.05) is 25.8 Å². The Bertz CT molecular complexity index is 232. The topological polar surface area (TPSA) is 26.3 Å². The van der Waals surface area contributed by atoms with Crippen LogP contribution in [0.15, 0.2) is 12.2 Å². The lowest BCUT2D eigenvalue weighted by Gasteiger charge is -2.24. The zero-order valence-electron chi connectivity index (χ0n) is 9.62. The van der Waals surface area contributed by atoms with Crippen LogP contribution >= 0.6 is 11.8 Å². The maximum absolute atomic E-state index is 11.3. The van der Waals surface area contributed by atoms with Crippen LogP contribution in [-0.2, 0) is 9.53 Å². The van der Waals surface area contributed by atoms with Gasteiger partial charge in [0.1, 0.15) is 5.44 Å². The zero-order valence-corrected chi connectivity index (χ0v) is 10.4. The van der Waals surface area contributed by atoms with Crippen molar-refractivity contribution in [1.29, 1.82) is 0 Å². The molecule has 1 saturated carbocycles. The van der Waals surface area contributed by atoms with Crippen LogP contribution in [0.4, 0.5) is 0 Å². The average molecular weight is 228 g/mol. The minimum absolute atomic E-state index is 0.0442. The number of rotatable bonds is 4. The van der Waals surface area contributed by atoms with Gasteiger partial charge >= 0.3 is 5.97 Å². The molecule has 0 heterocycles. The number of hydrogen-bond donors (Lipinski definition) is 0. The van der Waals surface area contributed by atoms with E-state index in [0.29, 0.717) is 10.8 Å². The fraction of sp³-hybridized carbons (Fsp3) is 0.750. The molecule has 1 aliphatic rings. The highest BCUT2D eigenvalue weighted by Crippen LogP contribution is 2.31. The van der Waals surface area contributed by atoms with E-state index >= 15 is 0 Å². The summed E-state index contributed by atoms with van der Waals surface area (Å²) in [6.07, 6.45) is 6.52. The Labute approximate surface area is 96.5 Å². The number of carbonyl (C=O) groups excluding carboxylic acids is 1. The molecule has 0 bridgehead atoms. The van der Waals surface area contributed by atoms with Crippen LogP contribution in [0.25, 0.3) is 0 Å². The lowest BCUT2D eigenvalue weighted by atomic mass is 10.0. The van der Waals surface area contributed by atoms with Gasteiger partial charge in [0.05, 0.1) is 0 Å². The van der Waals surface area contributed by atoms with E-state index < -0.39 is 0 Å². The second-order valence-corrected chi connectivity index (χ2v) is 5.75. The summed E-state index contributed by atoms with van der Waals surface area (Å²) in [5.74, 6) is -0.272. The quantitative estimate of drug-likeness (QED) is 0.418. The Kier molecular flexibility index (Phi) is 5.23. The molecular weight excluding hydrogens is 208 g/mol. The fourth-order valence-electron chi connectivity index (χ4n) is 1.75. The zero-order chi connectivity index (χ0) is 11.3. The molecule has 15 heavy (non-hydrogen) atoms. The molecule has 0 N–H and O–H groups in total. The molecular formula is C12H20O2S. The molecule has 0 spiro atoms. The summed E-state index contributed by atoms with van der Waals surface area (Å²) >= 11 is 1.78. The van der Waals surface area contributed by atoms with Gasteiger partial charge in [0.2, 0.25) is 0 Å². The summed E-state index contributed by atoms with van der Waals surface area (Å²) in [5, 5.41) is 0.673. The van der Waals surface area contributed by atoms with Gasteiger partial charge in [0.25, 0.3) is 0 Å². The van der Waals surface area contributed by atoms with E-state index in [1.807, 2.05) is 6.92 Å². The van der Waals surface area contributed by atoms with Crippen LogP contribution in [0, 0.1) is 0 Å². The first-order valence-corrected chi connectivity index (χ1v) is 6.56. The van der Waals surface area contributed by atoms with Crippen molar-refractivity contribution in [2.45, 2.75) is 56.6 Å². The van der Waals surface area contributed by atoms with Crippen molar-refractivity contribution >= 4 is 17.7 Å². The molecule has 0 aromatic carbocycles. The lowest BCUT2D eigenvalue weighted by Crippen LogP contribution is -2.17. The predicted molar refractivity (Wildman–Crippen MR) is 64.8 cm³/mol. The van der Waals surface area contributed by atoms with Gasteiger partial charge in [-0.2, -0.15) is 0 Å². The van der Waals surface area contributed by atoms with Crippen LogP contribution in [0.5, 0.6) is 0 Å². The smallest absolute Gasteiger partial charge is 0.334 e. The van der Waals surface area contributed by atoms with E-state index in [4.69, 9.17) is 4.74 Å². The summed E-state index contributed by atoms with van der Waals surface area (Å²) in [6, 6.07) is 0. The first-order valence-electron chi connectivity index (χ1n) is 5.61. The summed E-state index contributed by atoms with van der Waals surface area (Å²) in [5.41, 5.74) is 0.434. The molecule has 2 nitrogen and oxygen atoms in total. The number of hydrogen-bond acceptors (Lipinski definition) is 3. The van der Waals surface area contributed by atoms with Gasteiger partial charge in [-0.15, -0.1) is 11.8 Å². The van der Waals surface area contributed by atoms with E-state index in [9.17, 15) is 4.79 Å². The van der Waals surface area contributed by atoms with Crippen molar-refractivity contribution in [3.63, 3.8) is 0 Å². The van der Waals surface area contributed by atoms with Crippen LogP contribution in [-0.4, -0.2) is 16.7 Å².